The first kappa shape index (κ1) is 13.0. The number of phenolic OH excluding ortho intramolecular Hbond substituents is 1. The summed E-state index contributed by atoms with van der Waals surface area (Å²) in [7, 11) is 0. The van der Waals surface area contributed by atoms with Crippen molar-refractivity contribution >= 4 is 0 Å². The lowest BCUT2D eigenvalue weighted by Crippen LogP contribution is -2.21. The van der Waals surface area contributed by atoms with Gasteiger partial charge in [-0.2, -0.15) is 0 Å². The van der Waals surface area contributed by atoms with Crippen LogP contribution in [0.15, 0.2) is 18.2 Å². The third-order valence-corrected chi connectivity index (χ3v) is 2.64. The van der Waals surface area contributed by atoms with Gasteiger partial charge < -0.3 is 10.4 Å². The Morgan fingerprint density at radius 2 is 2.00 bits per heavy atom. The molecule has 90 valence electrons. The van der Waals surface area contributed by atoms with Crippen LogP contribution in [0.25, 0.3) is 0 Å². The van der Waals surface area contributed by atoms with Crippen molar-refractivity contribution in [2.24, 2.45) is 5.92 Å². The maximum absolute atomic E-state index is 13.1. The molecule has 0 aliphatic carbocycles. The second-order valence-corrected chi connectivity index (χ2v) is 4.57. The molecular formula is C13H20FNO. The van der Waals surface area contributed by atoms with Gasteiger partial charge in [-0.25, -0.2) is 4.39 Å². The van der Waals surface area contributed by atoms with E-state index in [1.54, 1.807) is 6.07 Å². The Labute approximate surface area is 96.5 Å². The smallest absolute Gasteiger partial charge is 0.165 e. The lowest BCUT2D eigenvalue weighted by molar-refractivity contribution is 0.430. The quantitative estimate of drug-likeness (QED) is 0.806. The Morgan fingerprint density at radius 3 is 2.56 bits per heavy atom. The number of phenols is 1. The van der Waals surface area contributed by atoms with Crippen molar-refractivity contribution in [2.45, 2.75) is 33.2 Å². The van der Waals surface area contributed by atoms with Gasteiger partial charge in [0, 0.05) is 6.04 Å². The Bertz CT molecular complexity index is 339. The number of halogens is 1. The topological polar surface area (TPSA) is 32.3 Å². The minimum Gasteiger partial charge on any atom is -0.505 e. The van der Waals surface area contributed by atoms with E-state index in [1.807, 2.05) is 6.92 Å². The molecule has 2 N–H and O–H groups in total. The lowest BCUT2D eigenvalue weighted by Gasteiger charge is -2.15. The molecule has 3 heteroatoms. The molecule has 1 aromatic carbocycles. The van der Waals surface area contributed by atoms with Crippen molar-refractivity contribution in [2.75, 3.05) is 6.54 Å². The normalized spacial score (nSPS) is 13.1. The highest BCUT2D eigenvalue weighted by Gasteiger charge is 2.08. The Balaban J connectivity index is 2.52. The standard InChI is InChI=1S/C13H20FNO/c1-9(2)6-7-15-10(3)11-4-5-13(16)12(14)8-11/h4-5,8-10,15-16H,6-7H2,1-3H3/t10-/m1/s1. The maximum atomic E-state index is 13.1. The van der Waals surface area contributed by atoms with Crippen molar-refractivity contribution in [3.05, 3.63) is 29.6 Å². The minimum atomic E-state index is -0.560. The Hall–Kier alpha value is -1.09. The summed E-state index contributed by atoms with van der Waals surface area (Å²) in [6.07, 6.45) is 1.10. The van der Waals surface area contributed by atoms with Gasteiger partial charge in [0.05, 0.1) is 0 Å². The van der Waals surface area contributed by atoms with E-state index < -0.39 is 5.82 Å². The minimum absolute atomic E-state index is 0.105. The van der Waals surface area contributed by atoms with Crippen molar-refractivity contribution in [1.29, 1.82) is 0 Å². The number of rotatable bonds is 5. The van der Waals surface area contributed by atoms with Crippen molar-refractivity contribution in [3.8, 4) is 5.75 Å². The molecule has 0 bridgehead atoms. The van der Waals surface area contributed by atoms with E-state index in [9.17, 15) is 4.39 Å². The van der Waals surface area contributed by atoms with E-state index in [1.165, 1.54) is 12.1 Å². The molecule has 1 rings (SSSR count). The first-order chi connectivity index (χ1) is 7.50. The van der Waals surface area contributed by atoms with Crippen LogP contribution >= 0.6 is 0 Å². The molecule has 0 heterocycles. The average molecular weight is 225 g/mol. The second kappa shape index (κ2) is 5.85. The zero-order chi connectivity index (χ0) is 12.1. The molecule has 0 aliphatic heterocycles. The van der Waals surface area contributed by atoms with Gasteiger partial charge in [-0.3, -0.25) is 0 Å². The molecule has 0 aromatic heterocycles. The van der Waals surface area contributed by atoms with E-state index in [4.69, 9.17) is 5.11 Å². The molecule has 1 aromatic rings. The van der Waals surface area contributed by atoms with Crippen molar-refractivity contribution in [3.63, 3.8) is 0 Å². The van der Waals surface area contributed by atoms with E-state index in [-0.39, 0.29) is 11.8 Å². The van der Waals surface area contributed by atoms with Gasteiger partial charge in [0.2, 0.25) is 0 Å². The maximum Gasteiger partial charge on any atom is 0.165 e. The third kappa shape index (κ3) is 3.81. The molecule has 0 unspecified atom stereocenters. The monoisotopic (exact) mass is 225 g/mol. The highest BCUT2D eigenvalue weighted by atomic mass is 19.1. The van der Waals surface area contributed by atoms with Crippen LogP contribution in [-0.4, -0.2) is 11.7 Å². The zero-order valence-electron chi connectivity index (χ0n) is 10.1. The molecule has 0 amide bonds. The Kier molecular flexibility index (Phi) is 4.74. The molecule has 0 radical (unpaired) electrons. The summed E-state index contributed by atoms with van der Waals surface area (Å²) in [4.78, 5) is 0. The fraction of sp³-hybridized carbons (Fsp3) is 0.538. The fourth-order valence-electron chi connectivity index (χ4n) is 1.50. The molecule has 0 spiro atoms. The molecule has 0 aliphatic rings. The van der Waals surface area contributed by atoms with E-state index in [0.29, 0.717) is 5.92 Å². The second-order valence-electron chi connectivity index (χ2n) is 4.57. The molecular weight excluding hydrogens is 205 g/mol. The van der Waals surface area contributed by atoms with Crippen LogP contribution in [0, 0.1) is 11.7 Å². The lowest BCUT2D eigenvalue weighted by atomic mass is 10.1. The van der Waals surface area contributed by atoms with Crippen LogP contribution in [0.1, 0.15) is 38.8 Å². The molecule has 0 saturated carbocycles. The van der Waals surface area contributed by atoms with Crippen LogP contribution in [0.3, 0.4) is 0 Å². The van der Waals surface area contributed by atoms with Crippen molar-refractivity contribution < 1.29 is 9.50 Å². The van der Waals surface area contributed by atoms with Crippen LogP contribution in [0.2, 0.25) is 0 Å². The number of hydrogen-bond acceptors (Lipinski definition) is 2. The summed E-state index contributed by atoms with van der Waals surface area (Å²) in [5.74, 6) is -0.190. The predicted octanol–water partition coefficient (Wildman–Crippen LogP) is 3.23. The van der Waals surface area contributed by atoms with Gasteiger partial charge in [-0.15, -0.1) is 0 Å². The highest BCUT2D eigenvalue weighted by molar-refractivity contribution is 5.29. The average Bonchev–Trinajstić information content (AvgIpc) is 2.21. The van der Waals surface area contributed by atoms with Crippen molar-refractivity contribution in [1.82, 2.24) is 5.32 Å². The summed E-state index contributed by atoms with van der Waals surface area (Å²) in [5.41, 5.74) is 0.860. The van der Waals surface area contributed by atoms with Crippen LogP contribution in [0.5, 0.6) is 5.75 Å². The summed E-state index contributed by atoms with van der Waals surface area (Å²) >= 11 is 0. The van der Waals surface area contributed by atoms with E-state index in [0.717, 1.165) is 18.5 Å². The van der Waals surface area contributed by atoms with E-state index >= 15 is 0 Å². The van der Waals surface area contributed by atoms with Gasteiger partial charge >= 0.3 is 0 Å². The number of aromatic hydroxyl groups is 1. The number of hydrogen-bond donors (Lipinski definition) is 2. The Morgan fingerprint density at radius 1 is 1.31 bits per heavy atom. The molecule has 1 atom stereocenters. The SMILES string of the molecule is CC(C)CCN[C@H](C)c1ccc(O)c(F)c1. The summed E-state index contributed by atoms with van der Waals surface area (Å²) in [5, 5.41) is 12.4. The molecule has 0 fully saturated rings. The van der Waals surface area contributed by atoms with E-state index in [2.05, 4.69) is 19.2 Å². The number of nitrogens with one attached hydrogen (secondary N) is 1. The summed E-state index contributed by atoms with van der Waals surface area (Å²) < 4.78 is 13.1. The van der Waals surface area contributed by atoms with Gasteiger partial charge in [0.15, 0.2) is 11.6 Å². The molecule has 0 saturated heterocycles. The first-order valence-corrected chi connectivity index (χ1v) is 5.72. The summed E-state index contributed by atoms with van der Waals surface area (Å²) in [6.45, 7) is 7.26. The van der Waals surface area contributed by atoms with Crippen LogP contribution in [0.4, 0.5) is 4.39 Å². The summed E-state index contributed by atoms with van der Waals surface area (Å²) in [6, 6.07) is 4.62. The number of benzene rings is 1. The van der Waals surface area contributed by atoms with Crippen LogP contribution in [-0.2, 0) is 0 Å². The van der Waals surface area contributed by atoms with Gasteiger partial charge in [-0.1, -0.05) is 19.9 Å². The predicted molar refractivity (Wildman–Crippen MR) is 63.9 cm³/mol. The van der Waals surface area contributed by atoms with Crippen LogP contribution < -0.4 is 5.32 Å². The van der Waals surface area contributed by atoms with Gasteiger partial charge in [0.1, 0.15) is 0 Å². The molecule has 2 nitrogen and oxygen atoms in total. The highest BCUT2D eigenvalue weighted by Crippen LogP contribution is 2.20. The fourth-order valence-corrected chi connectivity index (χ4v) is 1.50. The van der Waals surface area contributed by atoms with Gasteiger partial charge in [0.25, 0.3) is 0 Å². The largest absolute Gasteiger partial charge is 0.505 e. The first-order valence-electron chi connectivity index (χ1n) is 5.72. The zero-order valence-corrected chi connectivity index (χ0v) is 10.1. The van der Waals surface area contributed by atoms with Gasteiger partial charge in [-0.05, 0) is 43.5 Å². The third-order valence-electron chi connectivity index (χ3n) is 2.64. The molecule has 16 heavy (non-hydrogen) atoms.